The molecule has 0 aliphatic rings. The predicted molar refractivity (Wildman–Crippen MR) is 103 cm³/mol. The number of carbonyl (C=O) groups excluding carboxylic acids is 1. The highest BCUT2D eigenvalue weighted by atomic mass is 16.5. The summed E-state index contributed by atoms with van der Waals surface area (Å²) in [6, 6.07) is 12.7. The Kier molecular flexibility index (Phi) is 7.24. The van der Waals surface area contributed by atoms with Crippen LogP contribution in [-0.4, -0.2) is 52.1 Å². The van der Waals surface area contributed by atoms with Crippen molar-refractivity contribution in [3.05, 3.63) is 59.7 Å². The van der Waals surface area contributed by atoms with E-state index in [0.717, 1.165) is 12.1 Å². The van der Waals surface area contributed by atoms with E-state index in [1.165, 1.54) is 6.08 Å². The first-order valence-corrected chi connectivity index (χ1v) is 8.35. The summed E-state index contributed by atoms with van der Waals surface area (Å²) in [5.41, 5.74) is 1.39. The smallest absolute Gasteiger partial charge is 0.185 e. The number of nitrogens with zero attached hydrogens (tertiary/aromatic N) is 1. The first-order valence-electron chi connectivity index (χ1n) is 8.35. The van der Waals surface area contributed by atoms with E-state index in [0.29, 0.717) is 29.4 Å². The zero-order valence-corrected chi connectivity index (χ0v) is 15.7. The molecule has 0 fully saturated rings. The summed E-state index contributed by atoms with van der Waals surface area (Å²) in [7, 11) is 7.16. The van der Waals surface area contributed by atoms with E-state index < -0.39 is 0 Å². The van der Waals surface area contributed by atoms with E-state index in [1.54, 1.807) is 38.5 Å². The monoisotopic (exact) mass is 355 g/mol. The first-order chi connectivity index (χ1) is 12.5. The standard InChI is InChI=1S/C21H25NO4/c1-22(2)12-13-26-19-7-5-6-17(14-19)20(23)11-9-16-8-10-18(24-3)15-21(16)25-4/h5-11,14-15H,12-13H2,1-4H3/b11-9+. The molecule has 0 aliphatic heterocycles. The van der Waals surface area contributed by atoms with Crippen molar-refractivity contribution < 1.29 is 19.0 Å². The molecule has 26 heavy (non-hydrogen) atoms. The fraction of sp³-hybridized carbons (Fsp3) is 0.286. The fourth-order valence-corrected chi connectivity index (χ4v) is 2.30. The van der Waals surface area contributed by atoms with Gasteiger partial charge in [-0.25, -0.2) is 0 Å². The van der Waals surface area contributed by atoms with Crippen molar-refractivity contribution in [3.8, 4) is 17.2 Å². The lowest BCUT2D eigenvalue weighted by atomic mass is 10.1. The van der Waals surface area contributed by atoms with Gasteiger partial charge in [0, 0.05) is 23.7 Å². The van der Waals surface area contributed by atoms with Gasteiger partial charge in [-0.15, -0.1) is 0 Å². The topological polar surface area (TPSA) is 48.0 Å². The van der Waals surface area contributed by atoms with Gasteiger partial charge in [0.15, 0.2) is 5.78 Å². The SMILES string of the molecule is COc1ccc(/C=C/C(=O)c2cccc(OCCN(C)C)c2)c(OC)c1. The molecule has 2 aromatic rings. The third-order valence-electron chi connectivity index (χ3n) is 3.78. The van der Waals surface area contributed by atoms with Crippen molar-refractivity contribution >= 4 is 11.9 Å². The number of methoxy groups -OCH3 is 2. The van der Waals surface area contributed by atoms with Gasteiger partial charge in [0.25, 0.3) is 0 Å². The van der Waals surface area contributed by atoms with Gasteiger partial charge in [-0.2, -0.15) is 0 Å². The van der Waals surface area contributed by atoms with E-state index in [2.05, 4.69) is 0 Å². The lowest BCUT2D eigenvalue weighted by Gasteiger charge is -2.11. The second-order valence-electron chi connectivity index (χ2n) is 5.99. The highest BCUT2D eigenvalue weighted by Gasteiger charge is 2.06. The van der Waals surface area contributed by atoms with Crippen molar-refractivity contribution in [2.24, 2.45) is 0 Å². The number of hydrogen-bond donors (Lipinski definition) is 0. The molecule has 0 saturated carbocycles. The molecule has 0 bridgehead atoms. The van der Waals surface area contributed by atoms with Gasteiger partial charge in [-0.3, -0.25) is 4.79 Å². The number of allylic oxidation sites excluding steroid dienone is 1. The molecule has 2 aromatic carbocycles. The van der Waals surface area contributed by atoms with Crippen molar-refractivity contribution in [1.29, 1.82) is 0 Å². The first kappa shape index (κ1) is 19.5. The van der Waals surface area contributed by atoms with Crippen molar-refractivity contribution in [2.75, 3.05) is 41.5 Å². The average Bonchev–Trinajstić information content (AvgIpc) is 2.65. The van der Waals surface area contributed by atoms with Gasteiger partial charge in [0.1, 0.15) is 23.9 Å². The molecule has 0 N–H and O–H groups in total. The summed E-state index contributed by atoms with van der Waals surface area (Å²) in [4.78, 5) is 14.5. The second kappa shape index (κ2) is 9.63. The molecule has 0 aromatic heterocycles. The molecule has 0 heterocycles. The summed E-state index contributed by atoms with van der Waals surface area (Å²) in [5.74, 6) is 1.94. The number of carbonyl (C=O) groups is 1. The van der Waals surface area contributed by atoms with E-state index in [-0.39, 0.29) is 5.78 Å². The Morgan fingerprint density at radius 3 is 2.54 bits per heavy atom. The van der Waals surface area contributed by atoms with Crippen LogP contribution in [0.4, 0.5) is 0 Å². The van der Waals surface area contributed by atoms with Gasteiger partial charge in [0.2, 0.25) is 0 Å². The van der Waals surface area contributed by atoms with E-state index in [4.69, 9.17) is 14.2 Å². The lowest BCUT2D eigenvalue weighted by Crippen LogP contribution is -2.19. The molecular formula is C21H25NO4. The van der Waals surface area contributed by atoms with Crippen LogP contribution in [-0.2, 0) is 0 Å². The number of benzene rings is 2. The Hall–Kier alpha value is -2.79. The van der Waals surface area contributed by atoms with Gasteiger partial charge in [-0.05, 0) is 50.5 Å². The normalized spacial score (nSPS) is 11.0. The Balaban J connectivity index is 2.08. The molecule has 0 aliphatic carbocycles. The van der Waals surface area contributed by atoms with Crippen LogP contribution in [0.15, 0.2) is 48.5 Å². The maximum atomic E-state index is 12.5. The van der Waals surface area contributed by atoms with E-state index in [9.17, 15) is 4.79 Å². The molecule has 0 amide bonds. The number of ether oxygens (including phenoxy) is 3. The highest BCUT2D eigenvalue weighted by Crippen LogP contribution is 2.25. The Labute approximate surface area is 154 Å². The van der Waals surface area contributed by atoms with Gasteiger partial charge >= 0.3 is 0 Å². The maximum absolute atomic E-state index is 12.5. The van der Waals surface area contributed by atoms with Crippen LogP contribution < -0.4 is 14.2 Å². The predicted octanol–water partition coefficient (Wildman–Crippen LogP) is 3.54. The van der Waals surface area contributed by atoms with E-state index >= 15 is 0 Å². The van der Waals surface area contributed by atoms with Crippen LogP contribution in [0.1, 0.15) is 15.9 Å². The molecule has 0 saturated heterocycles. The summed E-state index contributed by atoms with van der Waals surface area (Å²) >= 11 is 0. The number of likely N-dealkylation sites (N-methyl/N-ethyl adjacent to an activating group) is 1. The molecule has 0 unspecified atom stereocenters. The summed E-state index contributed by atoms with van der Waals surface area (Å²) in [6.45, 7) is 1.39. The average molecular weight is 355 g/mol. The minimum Gasteiger partial charge on any atom is -0.497 e. The van der Waals surface area contributed by atoms with Crippen molar-refractivity contribution in [3.63, 3.8) is 0 Å². The Bertz CT molecular complexity index is 768. The molecule has 138 valence electrons. The molecule has 5 nitrogen and oxygen atoms in total. The molecule has 0 radical (unpaired) electrons. The van der Waals surface area contributed by atoms with Crippen LogP contribution >= 0.6 is 0 Å². The van der Waals surface area contributed by atoms with Crippen LogP contribution in [0.2, 0.25) is 0 Å². The van der Waals surface area contributed by atoms with Crippen LogP contribution in [0, 0.1) is 0 Å². The fourth-order valence-electron chi connectivity index (χ4n) is 2.30. The third-order valence-corrected chi connectivity index (χ3v) is 3.78. The zero-order valence-electron chi connectivity index (χ0n) is 15.7. The molecular weight excluding hydrogens is 330 g/mol. The molecule has 2 rings (SSSR count). The van der Waals surface area contributed by atoms with Crippen LogP contribution in [0.5, 0.6) is 17.2 Å². The minimum atomic E-state index is -0.0964. The van der Waals surface area contributed by atoms with E-state index in [1.807, 2.05) is 43.3 Å². The highest BCUT2D eigenvalue weighted by molar-refractivity contribution is 6.07. The molecule has 0 atom stereocenters. The third kappa shape index (κ3) is 5.63. The van der Waals surface area contributed by atoms with Crippen molar-refractivity contribution in [1.82, 2.24) is 4.90 Å². The summed E-state index contributed by atoms with van der Waals surface area (Å²) < 4.78 is 16.2. The summed E-state index contributed by atoms with van der Waals surface area (Å²) in [5, 5.41) is 0. The van der Waals surface area contributed by atoms with Gasteiger partial charge in [0.05, 0.1) is 14.2 Å². The second-order valence-corrected chi connectivity index (χ2v) is 5.99. The minimum absolute atomic E-state index is 0.0964. The van der Waals surface area contributed by atoms with Crippen LogP contribution in [0.25, 0.3) is 6.08 Å². The molecule has 0 spiro atoms. The zero-order chi connectivity index (χ0) is 18.9. The molecule has 5 heteroatoms. The Morgan fingerprint density at radius 1 is 1.04 bits per heavy atom. The Morgan fingerprint density at radius 2 is 1.85 bits per heavy atom. The van der Waals surface area contributed by atoms with Crippen molar-refractivity contribution in [2.45, 2.75) is 0 Å². The lowest BCUT2D eigenvalue weighted by molar-refractivity contribution is 0.104. The quantitative estimate of drug-likeness (QED) is 0.509. The number of rotatable bonds is 9. The number of hydrogen-bond acceptors (Lipinski definition) is 5. The van der Waals surface area contributed by atoms with Crippen LogP contribution in [0.3, 0.4) is 0 Å². The van der Waals surface area contributed by atoms with Gasteiger partial charge in [-0.1, -0.05) is 12.1 Å². The van der Waals surface area contributed by atoms with Gasteiger partial charge < -0.3 is 19.1 Å². The summed E-state index contributed by atoms with van der Waals surface area (Å²) in [6.07, 6.45) is 3.27. The number of ketones is 1. The maximum Gasteiger partial charge on any atom is 0.185 e. The largest absolute Gasteiger partial charge is 0.497 e.